The van der Waals surface area contributed by atoms with Crippen molar-refractivity contribution in [2.45, 2.75) is 13.0 Å². The fourth-order valence-corrected chi connectivity index (χ4v) is 4.58. The Hall–Kier alpha value is -4.79. The Kier molecular flexibility index (Phi) is 6.04. The molecule has 1 aliphatic rings. The second-order valence-corrected chi connectivity index (χ2v) is 8.57. The molecular formula is C28H25N3O6. The Bertz CT molecular complexity index is 1570. The van der Waals surface area contributed by atoms with Crippen molar-refractivity contribution in [1.82, 2.24) is 9.97 Å². The highest BCUT2D eigenvalue weighted by molar-refractivity contribution is 6.51. The average Bonchev–Trinajstić information content (AvgIpc) is 3.45. The largest absolute Gasteiger partial charge is 0.507 e. The van der Waals surface area contributed by atoms with Gasteiger partial charge in [0.2, 0.25) is 5.95 Å². The molecule has 1 aromatic heterocycles. The van der Waals surface area contributed by atoms with Gasteiger partial charge in [-0.05, 0) is 60.5 Å². The molecule has 188 valence electrons. The van der Waals surface area contributed by atoms with Crippen LogP contribution in [0.5, 0.6) is 17.2 Å². The fraction of sp³-hybridized carbons (Fsp3) is 0.179. The molecule has 0 saturated carbocycles. The summed E-state index contributed by atoms with van der Waals surface area (Å²) >= 11 is 0. The molecule has 37 heavy (non-hydrogen) atoms. The van der Waals surface area contributed by atoms with Crippen LogP contribution in [0.4, 0.5) is 5.95 Å². The molecule has 1 amide bonds. The van der Waals surface area contributed by atoms with Gasteiger partial charge in [-0.25, -0.2) is 4.98 Å². The molecular weight excluding hydrogens is 474 g/mol. The minimum absolute atomic E-state index is 0.0548. The second kappa shape index (κ2) is 9.34. The number of Topliss-reactive ketones (excluding diaryl/α,β-unsaturated/α-hetero) is 1. The number of nitrogens with zero attached hydrogens (tertiary/aromatic N) is 2. The lowest BCUT2D eigenvalue weighted by molar-refractivity contribution is -0.132. The Morgan fingerprint density at radius 3 is 2.41 bits per heavy atom. The number of H-pyrrole nitrogens is 1. The van der Waals surface area contributed by atoms with Gasteiger partial charge in [0.15, 0.2) is 0 Å². The zero-order valence-electron chi connectivity index (χ0n) is 20.7. The van der Waals surface area contributed by atoms with E-state index in [1.165, 1.54) is 12.0 Å². The van der Waals surface area contributed by atoms with Gasteiger partial charge in [0.1, 0.15) is 23.0 Å². The van der Waals surface area contributed by atoms with Crippen molar-refractivity contribution in [1.29, 1.82) is 0 Å². The highest BCUT2D eigenvalue weighted by Crippen LogP contribution is 2.42. The standard InChI is InChI=1S/C28H25N3O6/c1-15-12-17(8-11-22(15)37-4)25(32)23-24(16-6-5-7-18(13-16)35-2)31(27(34)26(23)33)28-29-20-10-9-19(36-3)14-21(20)30-28/h5-14,24,32H,1-4H3,(H,29,30)/b25-23+. The lowest BCUT2D eigenvalue weighted by atomic mass is 9.94. The number of aliphatic hydroxyl groups excluding tert-OH is 1. The number of amides is 1. The number of hydrogen-bond acceptors (Lipinski definition) is 7. The van der Waals surface area contributed by atoms with Crippen molar-refractivity contribution < 1.29 is 28.9 Å². The van der Waals surface area contributed by atoms with Gasteiger partial charge < -0.3 is 24.3 Å². The molecule has 1 aliphatic heterocycles. The van der Waals surface area contributed by atoms with Gasteiger partial charge in [0, 0.05) is 11.6 Å². The predicted molar refractivity (Wildman–Crippen MR) is 138 cm³/mol. The minimum Gasteiger partial charge on any atom is -0.507 e. The number of carbonyl (C=O) groups excluding carboxylic acids is 2. The van der Waals surface area contributed by atoms with Crippen molar-refractivity contribution in [2.75, 3.05) is 26.2 Å². The number of anilines is 1. The molecule has 9 nitrogen and oxygen atoms in total. The smallest absolute Gasteiger partial charge is 0.302 e. The first kappa shape index (κ1) is 23.9. The normalized spacial score (nSPS) is 16.9. The van der Waals surface area contributed by atoms with Crippen molar-refractivity contribution in [2.24, 2.45) is 0 Å². The molecule has 4 aromatic rings. The van der Waals surface area contributed by atoms with E-state index in [4.69, 9.17) is 14.2 Å². The first-order valence-electron chi connectivity index (χ1n) is 11.5. The molecule has 0 spiro atoms. The molecule has 2 heterocycles. The number of methoxy groups -OCH3 is 3. The molecule has 1 saturated heterocycles. The summed E-state index contributed by atoms with van der Waals surface area (Å²) in [6.45, 7) is 1.83. The molecule has 5 rings (SSSR count). The molecule has 0 bridgehead atoms. The van der Waals surface area contributed by atoms with Gasteiger partial charge in [-0.3, -0.25) is 14.5 Å². The summed E-state index contributed by atoms with van der Waals surface area (Å²) in [5, 5.41) is 11.4. The number of aromatic amines is 1. The summed E-state index contributed by atoms with van der Waals surface area (Å²) < 4.78 is 16.0. The number of ketones is 1. The van der Waals surface area contributed by atoms with Crippen molar-refractivity contribution in [3.05, 3.63) is 82.9 Å². The first-order valence-corrected chi connectivity index (χ1v) is 11.5. The monoisotopic (exact) mass is 499 g/mol. The van der Waals surface area contributed by atoms with Crippen LogP contribution in [0.2, 0.25) is 0 Å². The molecule has 3 aromatic carbocycles. The van der Waals surface area contributed by atoms with Crippen LogP contribution in [0.15, 0.2) is 66.2 Å². The fourth-order valence-electron chi connectivity index (χ4n) is 4.58. The molecule has 1 atom stereocenters. The Balaban J connectivity index is 1.72. The highest BCUT2D eigenvalue weighted by Gasteiger charge is 2.48. The zero-order valence-corrected chi connectivity index (χ0v) is 20.7. The van der Waals surface area contributed by atoms with E-state index >= 15 is 0 Å². The molecule has 0 aliphatic carbocycles. The lowest BCUT2D eigenvalue weighted by Gasteiger charge is -2.23. The number of ether oxygens (including phenoxy) is 3. The summed E-state index contributed by atoms with van der Waals surface area (Å²) in [5.74, 6) is 0.0311. The predicted octanol–water partition coefficient (Wildman–Crippen LogP) is 4.52. The topological polar surface area (TPSA) is 114 Å². The molecule has 1 unspecified atom stereocenters. The number of fused-ring (bicyclic) bond motifs is 1. The van der Waals surface area contributed by atoms with Crippen molar-refractivity contribution in [3.8, 4) is 17.2 Å². The second-order valence-electron chi connectivity index (χ2n) is 8.57. The molecule has 2 N–H and O–H groups in total. The maximum atomic E-state index is 13.5. The molecule has 9 heteroatoms. The van der Waals surface area contributed by atoms with Crippen LogP contribution in [0.1, 0.15) is 22.7 Å². The first-order chi connectivity index (χ1) is 17.9. The van der Waals surface area contributed by atoms with Crippen molar-refractivity contribution in [3.63, 3.8) is 0 Å². The Morgan fingerprint density at radius 1 is 0.946 bits per heavy atom. The Labute approximate surface area is 212 Å². The number of aromatic nitrogens is 2. The number of benzene rings is 3. The summed E-state index contributed by atoms with van der Waals surface area (Å²) in [7, 11) is 4.64. The SMILES string of the molecule is COc1cccc(C2/C(=C(\O)c3ccc(OC)c(C)c3)C(=O)C(=O)N2c2nc3ccc(OC)cc3[nH]2)c1. The van der Waals surface area contributed by atoms with Gasteiger partial charge in [0.05, 0.1) is 44.0 Å². The number of aryl methyl sites for hydroxylation is 1. The van der Waals surface area contributed by atoms with Gasteiger partial charge in [-0.1, -0.05) is 12.1 Å². The van der Waals surface area contributed by atoms with Gasteiger partial charge in [0.25, 0.3) is 5.78 Å². The third kappa shape index (κ3) is 4.04. The van der Waals surface area contributed by atoms with E-state index in [-0.39, 0.29) is 17.3 Å². The van der Waals surface area contributed by atoms with Gasteiger partial charge in [-0.2, -0.15) is 0 Å². The van der Waals surface area contributed by atoms with Crippen LogP contribution in [0, 0.1) is 6.92 Å². The molecule has 1 fully saturated rings. The van der Waals surface area contributed by atoms with Crippen molar-refractivity contribution >= 4 is 34.4 Å². The van der Waals surface area contributed by atoms with E-state index in [0.717, 1.165) is 5.56 Å². The van der Waals surface area contributed by atoms with Crippen LogP contribution in [0.3, 0.4) is 0 Å². The van der Waals surface area contributed by atoms with Crippen LogP contribution in [-0.4, -0.2) is 48.1 Å². The quantitative estimate of drug-likeness (QED) is 0.228. The number of carbonyl (C=O) groups is 2. The minimum atomic E-state index is -0.958. The van der Waals surface area contributed by atoms with E-state index in [9.17, 15) is 14.7 Å². The molecule has 0 radical (unpaired) electrons. The summed E-state index contributed by atoms with van der Waals surface area (Å²) in [5.41, 5.74) is 2.90. The van der Waals surface area contributed by atoms with E-state index in [0.29, 0.717) is 39.4 Å². The van der Waals surface area contributed by atoms with Crippen LogP contribution >= 0.6 is 0 Å². The zero-order chi connectivity index (χ0) is 26.3. The third-order valence-corrected chi connectivity index (χ3v) is 6.43. The van der Waals surface area contributed by atoms with Gasteiger partial charge >= 0.3 is 5.91 Å². The summed E-state index contributed by atoms with van der Waals surface area (Å²) in [6.07, 6.45) is 0. The maximum absolute atomic E-state index is 13.5. The third-order valence-electron chi connectivity index (χ3n) is 6.43. The average molecular weight is 500 g/mol. The van der Waals surface area contributed by atoms with E-state index < -0.39 is 17.7 Å². The summed E-state index contributed by atoms with van der Waals surface area (Å²) in [6, 6.07) is 16.4. The number of imidazole rings is 1. The number of rotatable bonds is 6. The lowest BCUT2D eigenvalue weighted by Crippen LogP contribution is -2.30. The van der Waals surface area contributed by atoms with Crippen LogP contribution in [0.25, 0.3) is 16.8 Å². The summed E-state index contributed by atoms with van der Waals surface area (Å²) in [4.78, 5) is 35.9. The Morgan fingerprint density at radius 2 is 1.70 bits per heavy atom. The highest BCUT2D eigenvalue weighted by atomic mass is 16.5. The number of aliphatic hydroxyl groups is 1. The van der Waals surface area contributed by atoms with Gasteiger partial charge in [-0.15, -0.1) is 0 Å². The van der Waals surface area contributed by atoms with E-state index in [2.05, 4.69) is 9.97 Å². The van der Waals surface area contributed by atoms with Crippen LogP contribution in [-0.2, 0) is 9.59 Å². The van der Waals surface area contributed by atoms with E-state index in [1.54, 1.807) is 74.9 Å². The number of hydrogen-bond donors (Lipinski definition) is 2. The van der Waals surface area contributed by atoms with E-state index in [1.807, 2.05) is 6.92 Å². The number of nitrogens with one attached hydrogen (secondary N) is 1. The maximum Gasteiger partial charge on any atom is 0.302 e. The van der Waals surface area contributed by atoms with Crippen LogP contribution < -0.4 is 19.1 Å².